The summed E-state index contributed by atoms with van der Waals surface area (Å²) in [6.07, 6.45) is 0. The number of carboxylic acids is 1. The lowest BCUT2D eigenvalue weighted by Crippen LogP contribution is -2.54. The molecule has 4 N–H and O–H groups in total. The Morgan fingerprint density at radius 1 is 1.25 bits per heavy atom. The fraction of sp³-hybridized carbons (Fsp3) is 0.818. The highest BCUT2D eigenvalue weighted by atomic mass is 16.4. The number of hydrogen-bond acceptors (Lipinski definition) is 3. The van der Waals surface area contributed by atoms with Crippen LogP contribution in [0.25, 0.3) is 0 Å². The highest BCUT2D eigenvalue weighted by molar-refractivity contribution is 5.87. The standard InChI is InChI=1S/C11H22N2O3/c1-6(2)7(12)9(14)13-8(10(15)16)11(3,4)5/h6-8H,12H2,1-5H3,(H,13,14)(H,15,16)/t7-,8?/m0/s1. The number of carboxylic acid groups (broad SMARTS) is 1. The molecule has 2 atom stereocenters. The minimum absolute atomic E-state index is 0.0191. The molecule has 0 aromatic carbocycles. The quantitative estimate of drug-likeness (QED) is 0.659. The molecule has 0 heterocycles. The third-order valence-electron chi connectivity index (χ3n) is 2.42. The van der Waals surface area contributed by atoms with Gasteiger partial charge in [-0.2, -0.15) is 0 Å². The van der Waals surface area contributed by atoms with Crippen LogP contribution in [0.4, 0.5) is 0 Å². The molecular formula is C11H22N2O3. The van der Waals surface area contributed by atoms with Gasteiger partial charge in [0.2, 0.25) is 5.91 Å². The van der Waals surface area contributed by atoms with Gasteiger partial charge in [0.15, 0.2) is 0 Å². The average molecular weight is 230 g/mol. The summed E-state index contributed by atoms with van der Waals surface area (Å²) in [5, 5.41) is 11.5. The van der Waals surface area contributed by atoms with Gasteiger partial charge in [-0.3, -0.25) is 4.79 Å². The maximum Gasteiger partial charge on any atom is 0.326 e. The lowest BCUT2D eigenvalue weighted by atomic mass is 9.86. The number of aliphatic carboxylic acids is 1. The van der Waals surface area contributed by atoms with Gasteiger partial charge in [0.05, 0.1) is 6.04 Å². The van der Waals surface area contributed by atoms with Crippen molar-refractivity contribution in [3.05, 3.63) is 0 Å². The minimum atomic E-state index is -1.04. The summed E-state index contributed by atoms with van der Waals surface area (Å²) < 4.78 is 0. The van der Waals surface area contributed by atoms with E-state index in [1.807, 2.05) is 13.8 Å². The molecule has 94 valence electrons. The number of carbonyl (C=O) groups is 2. The van der Waals surface area contributed by atoms with Crippen LogP contribution >= 0.6 is 0 Å². The SMILES string of the molecule is CC(C)[C@H](N)C(=O)NC(C(=O)O)C(C)(C)C. The predicted molar refractivity (Wildman–Crippen MR) is 61.8 cm³/mol. The molecular weight excluding hydrogens is 208 g/mol. The van der Waals surface area contributed by atoms with E-state index in [1.165, 1.54) is 0 Å². The lowest BCUT2D eigenvalue weighted by molar-refractivity contribution is -0.145. The first-order valence-electron chi connectivity index (χ1n) is 5.36. The van der Waals surface area contributed by atoms with Crippen molar-refractivity contribution in [3.8, 4) is 0 Å². The Labute approximate surface area is 96.4 Å². The summed E-state index contributed by atoms with van der Waals surface area (Å²) in [6, 6.07) is -1.60. The molecule has 0 bridgehead atoms. The summed E-state index contributed by atoms with van der Waals surface area (Å²) in [7, 11) is 0. The highest BCUT2D eigenvalue weighted by Crippen LogP contribution is 2.19. The summed E-state index contributed by atoms with van der Waals surface area (Å²) in [5.74, 6) is -1.48. The molecule has 0 aromatic heterocycles. The van der Waals surface area contributed by atoms with Crippen LogP contribution in [0.1, 0.15) is 34.6 Å². The predicted octanol–water partition coefficient (Wildman–Crippen LogP) is 0.585. The van der Waals surface area contributed by atoms with E-state index < -0.39 is 29.4 Å². The Morgan fingerprint density at radius 2 is 1.69 bits per heavy atom. The van der Waals surface area contributed by atoms with Crippen molar-refractivity contribution in [3.63, 3.8) is 0 Å². The van der Waals surface area contributed by atoms with Crippen LogP contribution in [-0.2, 0) is 9.59 Å². The second-order valence-corrected chi connectivity index (χ2v) is 5.42. The van der Waals surface area contributed by atoms with Gasteiger partial charge in [-0.15, -0.1) is 0 Å². The Hall–Kier alpha value is -1.10. The second kappa shape index (κ2) is 5.30. The Kier molecular flexibility index (Phi) is 4.93. The van der Waals surface area contributed by atoms with Gasteiger partial charge in [0.25, 0.3) is 0 Å². The normalized spacial score (nSPS) is 15.7. The smallest absolute Gasteiger partial charge is 0.326 e. The van der Waals surface area contributed by atoms with Crippen molar-refractivity contribution < 1.29 is 14.7 Å². The molecule has 0 aliphatic heterocycles. The van der Waals surface area contributed by atoms with Crippen LogP contribution in [0, 0.1) is 11.3 Å². The maximum atomic E-state index is 11.6. The molecule has 1 unspecified atom stereocenters. The number of nitrogens with one attached hydrogen (secondary N) is 1. The molecule has 0 radical (unpaired) electrons. The number of carbonyl (C=O) groups excluding carboxylic acids is 1. The van der Waals surface area contributed by atoms with Crippen molar-refractivity contribution in [2.24, 2.45) is 17.1 Å². The number of rotatable bonds is 4. The van der Waals surface area contributed by atoms with Crippen LogP contribution in [0.2, 0.25) is 0 Å². The zero-order valence-electron chi connectivity index (χ0n) is 10.6. The molecule has 16 heavy (non-hydrogen) atoms. The zero-order chi connectivity index (χ0) is 13.1. The Balaban J connectivity index is 4.67. The highest BCUT2D eigenvalue weighted by Gasteiger charge is 2.34. The second-order valence-electron chi connectivity index (χ2n) is 5.42. The first-order valence-corrected chi connectivity index (χ1v) is 5.36. The third-order valence-corrected chi connectivity index (χ3v) is 2.42. The molecule has 0 fully saturated rings. The van der Waals surface area contributed by atoms with Crippen LogP contribution in [0.5, 0.6) is 0 Å². The van der Waals surface area contributed by atoms with Crippen LogP contribution in [0.3, 0.4) is 0 Å². The van der Waals surface area contributed by atoms with E-state index in [2.05, 4.69) is 5.32 Å². The van der Waals surface area contributed by atoms with Crippen molar-refractivity contribution in [1.29, 1.82) is 0 Å². The topological polar surface area (TPSA) is 92.4 Å². The number of amides is 1. The average Bonchev–Trinajstić information content (AvgIpc) is 2.09. The fourth-order valence-corrected chi connectivity index (χ4v) is 1.19. The van der Waals surface area contributed by atoms with Crippen molar-refractivity contribution in [2.75, 3.05) is 0 Å². The maximum absolute atomic E-state index is 11.6. The van der Waals surface area contributed by atoms with Gasteiger partial charge < -0.3 is 16.2 Å². The molecule has 0 aliphatic rings. The van der Waals surface area contributed by atoms with E-state index in [-0.39, 0.29) is 5.92 Å². The zero-order valence-corrected chi connectivity index (χ0v) is 10.6. The van der Waals surface area contributed by atoms with E-state index in [1.54, 1.807) is 20.8 Å². The molecule has 0 saturated heterocycles. The van der Waals surface area contributed by atoms with Gasteiger partial charge in [-0.05, 0) is 11.3 Å². The van der Waals surface area contributed by atoms with Crippen LogP contribution in [0.15, 0.2) is 0 Å². The van der Waals surface area contributed by atoms with E-state index in [0.717, 1.165) is 0 Å². The Bertz CT molecular complexity index is 269. The molecule has 0 rings (SSSR count). The summed E-state index contributed by atoms with van der Waals surface area (Å²) >= 11 is 0. The first-order chi connectivity index (χ1) is 7.07. The van der Waals surface area contributed by atoms with Crippen LogP contribution < -0.4 is 11.1 Å². The fourth-order valence-electron chi connectivity index (χ4n) is 1.19. The van der Waals surface area contributed by atoms with Crippen molar-refractivity contribution in [1.82, 2.24) is 5.32 Å². The molecule has 0 spiro atoms. The van der Waals surface area contributed by atoms with Gasteiger partial charge >= 0.3 is 5.97 Å². The molecule has 0 aromatic rings. The van der Waals surface area contributed by atoms with Crippen molar-refractivity contribution in [2.45, 2.75) is 46.7 Å². The Morgan fingerprint density at radius 3 is 1.94 bits per heavy atom. The largest absolute Gasteiger partial charge is 0.480 e. The molecule has 0 saturated carbocycles. The van der Waals surface area contributed by atoms with E-state index in [0.29, 0.717) is 0 Å². The van der Waals surface area contributed by atoms with Crippen LogP contribution in [-0.4, -0.2) is 29.1 Å². The summed E-state index contributed by atoms with van der Waals surface area (Å²) in [5.41, 5.74) is 5.10. The van der Waals surface area contributed by atoms with Gasteiger partial charge in [-0.1, -0.05) is 34.6 Å². The number of hydrogen-bond donors (Lipinski definition) is 3. The summed E-state index contributed by atoms with van der Waals surface area (Å²) in [6.45, 7) is 8.90. The van der Waals surface area contributed by atoms with E-state index >= 15 is 0 Å². The molecule has 5 heteroatoms. The molecule has 1 amide bonds. The number of nitrogens with two attached hydrogens (primary N) is 1. The lowest BCUT2D eigenvalue weighted by Gasteiger charge is -2.29. The van der Waals surface area contributed by atoms with E-state index in [4.69, 9.17) is 10.8 Å². The van der Waals surface area contributed by atoms with Gasteiger partial charge in [0.1, 0.15) is 6.04 Å². The monoisotopic (exact) mass is 230 g/mol. The third kappa shape index (κ3) is 4.18. The summed E-state index contributed by atoms with van der Waals surface area (Å²) in [4.78, 5) is 22.7. The minimum Gasteiger partial charge on any atom is -0.480 e. The van der Waals surface area contributed by atoms with Gasteiger partial charge in [-0.25, -0.2) is 4.79 Å². The first kappa shape index (κ1) is 14.9. The molecule has 5 nitrogen and oxygen atoms in total. The molecule has 0 aliphatic carbocycles. The van der Waals surface area contributed by atoms with Gasteiger partial charge in [0, 0.05) is 0 Å². The van der Waals surface area contributed by atoms with Crippen molar-refractivity contribution >= 4 is 11.9 Å². The van der Waals surface area contributed by atoms with E-state index in [9.17, 15) is 9.59 Å².